The van der Waals surface area contributed by atoms with Gasteiger partial charge in [-0.15, -0.1) is 0 Å². The molecule has 1 atom stereocenters. The van der Waals surface area contributed by atoms with Gasteiger partial charge in [-0.1, -0.05) is 15.9 Å². The molecule has 14 heavy (non-hydrogen) atoms. The van der Waals surface area contributed by atoms with Crippen molar-refractivity contribution in [2.45, 2.75) is 13.0 Å². The summed E-state index contributed by atoms with van der Waals surface area (Å²) in [7, 11) is 0. The van der Waals surface area contributed by atoms with E-state index >= 15 is 0 Å². The molecule has 1 aromatic rings. The van der Waals surface area contributed by atoms with Crippen molar-refractivity contribution in [2.24, 2.45) is 5.73 Å². The third-order valence-corrected chi connectivity index (χ3v) is 2.47. The van der Waals surface area contributed by atoms with Crippen LogP contribution in [0, 0.1) is 11.3 Å². The SMILES string of the molecule is CC(N)C(=O)c1cc(C#N)ccc1Br. The number of ketones is 1. The van der Waals surface area contributed by atoms with Crippen LogP contribution in [0.25, 0.3) is 0 Å². The second-order valence-electron chi connectivity index (χ2n) is 2.96. The molecule has 0 heterocycles. The Labute approximate surface area is 90.7 Å². The molecule has 0 aliphatic rings. The Bertz CT molecular complexity index is 407. The van der Waals surface area contributed by atoms with E-state index in [1.54, 1.807) is 19.1 Å². The third-order valence-electron chi connectivity index (χ3n) is 1.77. The molecule has 1 aromatic carbocycles. The van der Waals surface area contributed by atoms with Crippen LogP contribution < -0.4 is 5.73 Å². The van der Waals surface area contributed by atoms with Crippen molar-refractivity contribution in [1.29, 1.82) is 5.26 Å². The van der Waals surface area contributed by atoms with Gasteiger partial charge in [0.1, 0.15) is 0 Å². The standard InChI is InChI=1S/C10H9BrN2O/c1-6(13)10(14)8-4-7(5-12)2-3-9(8)11/h2-4,6H,13H2,1H3. The molecule has 2 N–H and O–H groups in total. The normalized spacial score (nSPS) is 11.9. The fourth-order valence-electron chi connectivity index (χ4n) is 1.03. The lowest BCUT2D eigenvalue weighted by Crippen LogP contribution is -2.26. The van der Waals surface area contributed by atoms with E-state index in [1.165, 1.54) is 6.07 Å². The summed E-state index contributed by atoms with van der Waals surface area (Å²) < 4.78 is 0.666. The average Bonchev–Trinajstić information content (AvgIpc) is 2.17. The van der Waals surface area contributed by atoms with E-state index in [4.69, 9.17) is 11.0 Å². The Hall–Kier alpha value is -1.18. The van der Waals surface area contributed by atoms with Crippen molar-refractivity contribution in [3.05, 3.63) is 33.8 Å². The van der Waals surface area contributed by atoms with Crippen LogP contribution in [0.2, 0.25) is 0 Å². The van der Waals surface area contributed by atoms with E-state index in [0.717, 1.165) is 0 Å². The minimum atomic E-state index is -0.555. The van der Waals surface area contributed by atoms with Crippen molar-refractivity contribution in [1.82, 2.24) is 0 Å². The summed E-state index contributed by atoms with van der Waals surface area (Å²) in [6.45, 7) is 1.62. The van der Waals surface area contributed by atoms with Gasteiger partial charge in [0.25, 0.3) is 0 Å². The third kappa shape index (κ3) is 2.19. The number of hydrogen-bond donors (Lipinski definition) is 1. The summed E-state index contributed by atoms with van der Waals surface area (Å²) in [5.41, 5.74) is 6.39. The number of Topliss-reactive ketones (excluding diaryl/α,β-unsaturated/α-hetero) is 1. The molecule has 0 spiro atoms. The summed E-state index contributed by atoms with van der Waals surface area (Å²) in [5.74, 6) is -0.172. The second kappa shape index (κ2) is 4.36. The van der Waals surface area contributed by atoms with Gasteiger partial charge >= 0.3 is 0 Å². The molecule has 0 radical (unpaired) electrons. The minimum Gasteiger partial charge on any atom is -0.321 e. The Morgan fingerprint density at radius 2 is 2.29 bits per heavy atom. The van der Waals surface area contributed by atoms with Crippen LogP contribution in [0.5, 0.6) is 0 Å². The fraction of sp³-hybridized carbons (Fsp3) is 0.200. The smallest absolute Gasteiger partial charge is 0.180 e. The first kappa shape index (κ1) is 10.9. The Kier molecular flexibility index (Phi) is 3.39. The molecular formula is C10H9BrN2O. The number of nitriles is 1. The van der Waals surface area contributed by atoms with Crippen molar-refractivity contribution < 1.29 is 4.79 Å². The molecule has 0 saturated carbocycles. The summed E-state index contributed by atoms with van der Waals surface area (Å²) in [5, 5.41) is 8.67. The maximum absolute atomic E-state index is 11.6. The van der Waals surface area contributed by atoms with Gasteiger partial charge in [-0.2, -0.15) is 5.26 Å². The molecule has 0 aliphatic heterocycles. The Morgan fingerprint density at radius 3 is 2.79 bits per heavy atom. The minimum absolute atomic E-state index is 0.172. The van der Waals surface area contributed by atoms with Gasteiger partial charge < -0.3 is 5.73 Å². The van der Waals surface area contributed by atoms with Crippen LogP contribution in [0.1, 0.15) is 22.8 Å². The molecule has 4 heteroatoms. The number of rotatable bonds is 2. The molecule has 0 fully saturated rings. The molecule has 0 saturated heterocycles. The lowest BCUT2D eigenvalue weighted by atomic mass is 10.0. The highest BCUT2D eigenvalue weighted by molar-refractivity contribution is 9.10. The van der Waals surface area contributed by atoms with E-state index in [0.29, 0.717) is 15.6 Å². The predicted molar refractivity (Wildman–Crippen MR) is 56.8 cm³/mol. The number of halogens is 1. The van der Waals surface area contributed by atoms with E-state index in [1.807, 2.05) is 6.07 Å². The van der Waals surface area contributed by atoms with Gasteiger partial charge in [-0.3, -0.25) is 4.79 Å². The van der Waals surface area contributed by atoms with Crippen LogP contribution in [-0.2, 0) is 0 Å². The van der Waals surface area contributed by atoms with Crippen LogP contribution >= 0.6 is 15.9 Å². The summed E-state index contributed by atoms with van der Waals surface area (Å²) in [6.07, 6.45) is 0. The summed E-state index contributed by atoms with van der Waals surface area (Å²) in [4.78, 5) is 11.6. The maximum Gasteiger partial charge on any atom is 0.180 e. The molecule has 0 aromatic heterocycles. The lowest BCUT2D eigenvalue weighted by molar-refractivity contribution is 0.0967. The monoisotopic (exact) mass is 252 g/mol. The van der Waals surface area contributed by atoms with Crippen LogP contribution in [0.15, 0.2) is 22.7 Å². The maximum atomic E-state index is 11.6. The fourth-order valence-corrected chi connectivity index (χ4v) is 1.47. The first-order valence-electron chi connectivity index (χ1n) is 4.05. The second-order valence-corrected chi connectivity index (χ2v) is 3.81. The number of hydrogen-bond acceptors (Lipinski definition) is 3. The van der Waals surface area contributed by atoms with Crippen molar-refractivity contribution >= 4 is 21.7 Å². The quantitative estimate of drug-likeness (QED) is 0.818. The van der Waals surface area contributed by atoms with Crippen LogP contribution in [0.3, 0.4) is 0 Å². The number of nitrogens with two attached hydrogens (primary N) is 1. The van der Waals surface area contributed by atoms with Gasteiger partial charge in [0.2, 0.25) is 0 Å². The first-order valence-corrected chi connectivity index (χ1v) is 4.85. The Morgan fingerprint density at radius 1 is 1.64 bits per heavy atom. The number of carbonyl (C=O) groups excluding carboxylic acids is 1. The van der Waals surface area contributed by atoms with Crippen LogP contribution in [0.4, 0.5) is 0 Å². The molecule has 0 aliphatic carbocycles. The zero-order chi connectivity index (χ0) is 10.7. The summed E-state index contributed by atoms with van der Waals surface area (Å²) >= 11 is 3.24. The molecule has 0 bridgehead atoms. The van der Waals surface area contributed by atoms with Gasteiger partial charge in [0.05, 0.1) is 17.7 Å². The van der Waals surface area contributed by atoms with Crippen molar-refractivity contribution in [3.8, 4) is 6.07 Å². The van der Waals surface area contributed by atoms with Gasteiger partial charge in [-0.25, -0.2) is 0 Å². The molecule has 3 nitrogen and oxygen atoms in total. The van der Waals surface area contributed by atoms with Gasteiger partial charge in [-0.05, 0) is 25.1 Å². The highest BCUT2D eigenvalue weighted by atomic mass is 79.9. The molecular weight excluding hydrogens is 244 g/mol. The van der Waals surface area contributed by atoms with Crippen LogP contribution in [-0.4, -0.2) is 11.8 Å². The van der Waals surface area contributed by atoms with E-state index in [-0.39, 0.29) is 5.78 Å². The van der Waals surface area contributed by atoms with Crippen molar-refractivity contribution in [2.75, 3.05) is 0 Å². The van der Waals surface area contributed by atoms with Gasteiger partial charge in [0, 0.05) is 10.0 Å². The average molecular weight is 253 g/mol. The number of benzene rings is 1. The number of carbonyl (C=O) groups is 1. The highest BCUT2D eigenvalue weighted by Crippen LogP contribution is 2.19. The topological polar surface area (TPSA) is 66.9 Å². The molecule has 72 valence electrons. The zero-order valence-electron chi connectivity index (χ0n) is 7.62. The Balaban J connectivity index is 3.21. The van der Waals surface area contributed by atoms with E-state index in [2.05, 4.69) is 15.9 Å². The number of nitrogens with zero attached hydrogens (tertiary/aromatic N) is 1. The van der Waals surface area contributed by atoms with E-state index in [9.17, 15) is 4.79 Å². The molecule has 1 rings (SSSR count). The highest BCUT2D eigenvalue weighted by Gasteiger charge is 2.14. The molecule has 1 unspecified atom stereocenters. The predicted octanol–water partition coefficient (Wildman–Crippen LogP) is 1.85. The zero-order valence-corrected chi connectivity index (χ0v) is 9.21. The van der Waals surface area contributed by atoms with E-state index < -0.39 is 6.04 Å². The van der Waals surface area contributed by atoms with Gasteiger partial charge in [0.15, 0.2) is 5.78 Å². The van der Waals surface area contributed by atoms with Crippen molar-refractivity contribution in [3.63, 3.8) is 0 Å². The summed E-state index contributed by atoms with van der Waals surface area (Å²) in [6, 6.07) is 6.27. The largest absolute Gasteiger partial charge is 0.321 e. The first-order chi connectivity index (χ1) is 6.56. The molecule has 0 amide bonds. The lowest BCUT2D eigenvalue weighted by Gasteiger charge is -2.06.